The first-order chi connectivity index (χ1) is 8.81. The molecule has 0 radical (unpaired) electrons. The van der Waals surface area contributed by atoms with E-state index in [4.69, 9.17) is 0 Å². The second-order valence-electron chi connectivity index (χ2n) is 6.83. The molecule has 19 heavy (non-hydrogen) atoms. The lowest BCUT2D eigenvalue weighted by Crippen LogP contribution is -2.46. The van der Waals surface area contributed by atoms with Crippen LogP contribution in [0.5, 0.6) is 0 Å². The Morgan fingerprint density at radius 3 is 2.11 bits per heavy atom. The second-order valence-corrected chi connectivity index (χ2v) is 6.83. The van der Waals surface area contributed by atoms with Crippen LogP contribution in [0.4, 0.5) is 0 Å². The van der Waals surface area contributed by atoms with Crippen molar-refractivity contribution in [2.75, 3.05) is 6.54 Å². The third-order valence-corrected chi connectivity index (χ3v) is 5.37. The Morgan fingerprint density at radius 2 is 1.68 bits per heavy atom. The maximum absolute atomic E-state index is 12.2. The largest absolute Gasteiger partial charge is 0.481 e. The molecule has 0 aromatic rings. The lowest BCUT2D eigenvalue weighted by molar-refractivity contribution is -0.154. The van der Waals surface area contributed by atoms with Crippen molar-refractivity contribution in [3.8, 4) is 0 Å². The number of likely N-dealkylation sites (tertiary alicyclic amines) is 1. The SMILES string of the molecule is CC1(C)C2C(=O)N(CC3(C(=O)O)CCCC3)C(=O)C21. The summed E-state index contributed by atoms with van der Waals surface area (Å²) in [4.78, 5) is 37.2. The molecule has 1 aliphatic heterocycles. The predicted molar refractivity (Wildman–Crippen MR) is 66.0 cm³/mol. The normalized spacial score (nSPS) is 34.5. The number of imide groups is 1. The van der Waals surface area contributed by atoms with Crippen molar-refractivity contribution in [1.82, 2.24) is 4.90 Å². The molecule has 3 aliphatic rings. The zero-order chi connectivity index (χ0) is 14.0. The van der Waals surface area contributed by atoms with Crippen LogP contribution >= 0.6 is 0 Å². The van der Waals surface area contributed by atoms with E-state index in [2.05, 4.69) is 0 Å². The molecule has 1 heterocycles. The number of aliphatic carboxylic acids is 1. The number of rotatable bonds is 3. The molecule has 0 aromatic heterocycles. The van der Waals surface area contributed by atoms with E-state index >= 15 is 0 Å². The van der Waals surface area contributed by atoms with Gasteiger partial charge in [0.25, 0.3) is 0 Å². The molecule has 2 atom stereocenters. The predicted octanol–water partition coefficient (Wildman–Crippen LogP) is 1.27. The molecule has 104 valence electrons. The molecular weight excluding hydrogens is 246 g/mol. The Bertz CT molecular complexity index is 452. The van der Waals surface area contributed by atoms with Crippen molar-refractivity contribution in [2.45, 2.75) is 39.5 Å². The molecule has 0 spiro atoms. The smallest absolute Gasteiger partial charge is 0.311 e. The quantitative estimate of drug-likeness (QED) is 0.780. The van der Waals surface area contributed by atoms with Gasteiger partial charge < -0.3 is 5.11 Å². The van der Waals surface area contributed by atoms with Crippen LogP contribution in [0.3, 0.4) is 0 Å². The highest BCUT2D eigenvalue weighted by Crippen LogP contribution is 2.63. The monoisotopic (exact) mass is 265 g/mol. The summed E-state index contributed by atoms with van der Waals surface area (Å²) in [5, 5.41) is 9.43. The van der Waals surface area contributed by atoms with Crippen molar-refractivity contribution in [3.05, 3.63) is 0 Å². The number of hydrogen-bond donors (Lipinski definition) is 1. The summed E-state index contributed by atoms with van der Waals surface area (Å²) in [6, 6.07) is 0. The van der Waals surface area contributed by atoms with Crippen LogP contribution in [0.1, 0.15) is 39.5 Å². The molecule has 0 aromatic carbocycles. The van der Waals surface area contributed by atoms with Crippen molar-refractivity contribution in [2.24, 2.45) is 22.7 Å². The second kappa shape index (κ2) is 3.58. The summed E-state index contributed by atoms with van der Waals surface area (Å²) < 4.78 is 0. The van der Waals surface area contributed by atoms with Crippen molar-refractivity contribution in [3.63, 3.8) is 0 Å². The number of carboxylic acids is 1. The molecule has 2 saturated carbocycles. The highest BCUT2D eigenvalue weighted by Gasteiger charge is 2.72. The fraction of sp³-hybridized carbons (Fsp3) is 0.786. The van der Waals surface area contributed by atoms with E-state index in [1.54, 1.807) is 0 Å². The summed E-state index contributed by atoms with van der Waals surface area (Å²) in [6.45, 7) is 3.93. The van der Waals surface area contributed by atoms with E-state index in [-0.39, 0.29) is 35.6 Å². The molecule has 2 aliphatic carbocycles. The van der Waals surface area contributed by atoms with E-state index in [1.165, 1.54) is 4.90 Å². The molecule has 1 saturated heterocycles. The average Bonchev–Trinajstić information content (AvgIpc) is 2.68. The Balaban J connectivity index is 1.80. The zero-order valence-electron chi connectivity index (χ0n) is 11.3. The lowest BCUT2D eigenvalue weighted by atomic mass is 9.85. The van der Waals surface area contributed by atoms with Crippen molar-refractivity contribution >= 4 is 17.8 Å². The van der Waals surface area contributed by atoms with E-state index in [1.807, 2.05) is 13.8 Å². The van der Waals surface area contributed by atoms with Gasteiger partial charge in [-0.25, -0.2) is 0 Å². The minimum Gasteiger partial charge on any atom is -0.481 e. The van der Waals surface area contributed by atoms with Gasteiger partial charge in [-0.2, -0.15) is 0 Å². The zero-order valence-corrected chi connectivity index (χ0v) is 11.3. The number of carbonyl (C=O) groups excluding carboxylic acids is 2. The van der Waals surface area contributed by atoms with Crippen LogP contribution < -0.4 is 0 Å². The van der Waals surface area contributed by atoms with E-state index in [0.717, 1.165) is 12.8 Å². The van der Waals surface area contributed by atoms with Crippen molar-refractivity contribution < 1.29 is 19.5 Å². The fourth-order valence-electron chi connectivity index (χ4n) is 3.95. The number of carbonyl (C=O) groups is 3. The number of fused-ring (bicyclic) bond motifs is 1. The van der Waals surface area contributed by atoms with Crippen molar-refractivity contribution in [1.29, 1.82) is 0 Å². The highest BCUT2D eigenvalue weighted by molar-refractivity contribution is 6.10. The Labute approximate surface area is 112 Å². The Hall–Kier alpha value is -1.39. The molecule has 5 nitrogen and oxygen atoms in total. The van der Waals surface area contributed by atoms with Crippen LogP contribution in [-0.4, -0.2) is 34.3 Å². The van der Waals surface area contributed by atoms with E-state index < -0.39 is 11.4 Å². The van der Waals surface area contributed by atoms with Gasteiger partial charge in [0, 0.05) is 6.54 Å². The molecule has 3 fully saturated rings. The number of amides is 2. The first kappa shape index (κ1) is 12.6. The van der Waals surface area contributed by atoms with Crippen LogP contribution in [0.2, 0.25) is 0 Å². The lowest BCUT2D eigenvalue weighted by Gasteiger charge is -2.30. The molecule has 2 amide bonds. The molecule has 0 bridgehead atoms. The maximum Gasteiger partial charge on any atom is 0.311 e. The minimum absolute atomic E-state index is 0.0725. The minimum atomic E-state index is -0.897. The fourth-order valence-corrected chi connectivity index (χ4v) is 3.95. The topological polar surface area (TPSA) is 74.7 Å². The van der Waals surface area contributed by atoms with Crippen LogP contribution in [0.25, 0.3) is 0 Å². The van der Waals surface area contributed by atoms with Gasteiger partial charge in [-0.05, 0) is 18.3 Å². The van der Waals surface area contributed by atoms with Crippen LogP contribution in [0.15, 0.2) is 0 Å². The van der Waals surface area contributed by atoms with Gasteiger partial charge in [0.2, 0.25) is 11.8 Å². The number of nitrogens with zero attached hydrogens (tertiary/aromatic N) is 1. The summed E-state index contributed by atoms with van der Waals surface area (Å²) in [5.74, 6) is -1.62. The average molecular weight is 265 g/mol. The first-order valence-corrected chi connectivity index (χ1v) is 6.90. The maximum atomic E-state index is 12.2. The van der Waals surface area contributed by atoms with Crippen LogP contribution in [0, 0.1) is 22.7 Å². The first-order valence-electron chi connectivity index (χ1n) is 6.90. The Kier molecular flexibility index (Phi) is 2.38. The summed E-state index contributed by atoms with van der Waals surface area (Å²) in [7, 11) is 0. The van der Waals surface area contributed by atoms with Gasteiger partial charge in [0.05, 0.1) is 17.3 Å². The standard InChI is InChI=1S/C14H19NO4/c1-13(2)8-9(13)11(17)15(10(8)16)7-14(12(18)19)5-3-4-6-14/h8-9H,3-7H2,1-2H3,(H,18,19). The van der Waals surface area contributed by atoms with E-state index in [9.17, 15) is 19.5 Å². The summed E-state index contributed by atoms with van der Waals surface area (Å²) >= 11 is 0. The van der Waals surface area contributed by atoms with Gasteiger partial charge >= 0.3 is 5.97 Å². The summed E-state index contributed by atoms with van der Waals surface area (Å²) in [5.41, 5.74) is -1.12. The van der Waals surface area contributed by atoms with Gasteiger partial charge in [-0.15, -0.1) is 0 Å². The van der Waals surface area contributed by atoms with E-state index in [0.29, 0.717) is 12.8 Å². The third-order valence-electron chi connectivity index (χ3n) is 5.37. The summed E-state index contributed by atoms with van der Waals surface area (Å²) in [6.07, 6.45) is 2.86. The molecule has 5 heteroatoms. The third kappa shape index (κ3) is 1.50. The van der Waals surface area contributed by atoms with Gasteiger partial charge in [0.15, 0.2) is 0 Å². The highest BCUT2D eigenvalue weighted by atomic mass is 16.4. The number of hydrogen-bond acceptors (Lipinski definition) is 3. The Morgan fingerprint density at radius 1 is 1.21 bits per heavy atom. The molecule has 3 rings (SSSR count). The molecule has 2 unspecified atom stereocenters. The van der Waals surface area contributed by atoms with Gasteiger partial charge in [0.1, 0.15) is 0 Å². The van der Waals surface area contributed by atoms with Gasteiger partial charge in [-0.3, -0.25) is 19.3 Å². The van der Waals surface area contributed by atoms with Gasteiger partial charge in [-0.1, -0.05) is 26.7 Å². The number of carboxylic acid groups (broad SMARTS) is 1. The molecule has 1 N–H and O–H groups in total. The molecular formula is C14H19NO4. The van der Waals surface area contributed by atoms with Crippen LogP contribution in [-0.2, 0) is 14.4 Å². The number of piperidine rings is 1.